The number of nitro groups is 1. The van der Waals surface area contributed by atoms with E-state index in [-0.39, 0.29) is 11.8 Å². The first-order chi connectivity index (χ1) is 12.4. The van der Waals surface area contributed by atoms with Crippen LogP contribution in [0.4, 0.5) is 10.1 Å². The van der Waals surface area contributed by atoms with Gasteiger partial charge in [-0.1, -0.05) is 12.1 Å². The van der Waals surface area contributed by atoms with Gasteiger partial charge in [0.15, 0.2) is 0 Å². The molecule has 138 valence electrons. The third kappa shape index (κ3) is 4.38. The third-order valence-corrected chi connectivity index (χ3v) is 4.80. The highest BCUT2D eigenvalue weighted by Gasteiger charge is 2.24. The van der Waals surface area contributed by atoms with Crippen molar-refractivity contribution in [1.29, 1.82) is 0 Å². The summed E-state index contributed by atoms with van der Waals surface area (Å²) in [6, 6.07) is 9.81. The molecule has 1 fully saturated rings. The Balaban J connectivity index is 1.60. The summed E-state index contributed by atoms with van der Waals surface area (Å²) in [7, 11) is 0. The number of hydrogen-bond acceptors (Lipinski definition) is 4. The van der Waals surface area contributed by atoms with Gasteiger partial charge in [0.25, 0.3) is 5.69 Å². The Kier molecular flexibility index (Phi) is 5.52. The second kappa shape index (κ2) is 7.83. The lowest BCUT2D eigenvalue weighted by atomic mass is 10.1. The first kappa shape index (κ1) is 18.3. The standard InChI is InChI=1S/C20H23FN2O3/c1-14-3-4-15(2)20(11-14)26-18-7-9-22(10-8-18)13-16-12-17(21)5-6-19(16)23(24)25/h3-6,11-12,18H,7-10,13H2,1-2H3. The Bertz CT molecular complexity index is 802. The Hall–Kier alpha value is -2.47. The van der Waals surface area contributed by atoms with Crippen molar-refractivity contribution in [1.82, 2.24) is 4.90 Å². The van der Waals surface area contributed by atoms with Crippen LogP contribution in [0, 0.1) is 29.8 Å². The van der Waals surface area contributed by atoms with Crippen molar-refractivity contribution in [3.63, 3.8) is 0 Å². The number of ether oxygens (including phenoxy) is 1. The van der Waals surface area contributed by atoms with Gasteiger partial charge in [0.2, 0.25) is 0 Å². The van der Waals surface area contributed by atoms with E-state index < -0.39 is 10.7 Å². The zero-order valence-electron chi connectivity index (χ0n) is 15.1. The van der Waals surface area contributed by atoms with E-state index in [0.29, 0.717) is 12.1 Å². The molecule has 1 saturated heterocycles. The smallest absolute Gasteiger partial charge is 0.274 e. The molecule has 2 aromatic carbocycles. The Morgan fingerprint density at radius 2 is 1.92 bits per heavy atom. The maximum absolute atomic E-state index is 13.5. The number of piperidine rings is 1. The molecule has 5 nitrogen and oxygen atoms in total. The third-order valence-electron chi connectivity index (χ3n) is 4.80. The molecular weight excluding hydrogens is 335 g/mol. The zero-order chi connectivity index (χ0) is 18.7. The summed E-state index contributed by atoms with van der Waals surface area (Å²) in [5, 5.41) is 11.1. The molecule has 1 aliphatic rings. The zero-order valence-corrected chi connectivity index (χ0v) is 15.1. The average Bonchev–Trinajstić information content (AvgIpc) is 2.59. The van der Waals surface area contributed by atoms with Crippen LogP contribution < -0.4 is 4.74 Å². The first-order valence-corrected chi connectivity index (χ1v) is 8.81. The van der Waals surface area contributed by atoms with Gasteiger partial charge >= 0.3 is 0 Å². The summed E-state index contributed by atoms with van der Waals surface area (Å²) in [6.45, 7) is 5.99. The van der Waals surface area contributed by atoms with E-state index in [2.05, 4.69) is 23.1 Å². The van der Waals surface area contributed by atoms with Gasteiger partial charge in [-0.05, 0) is 56.0 Å². The highest BCUT2D eigenvalue weighted by Crippen LogP contribution is 2.26. The number of benzene rings is 2. The molecule has 1 aliphatic heterocycles. The van der Waals surface area contributed by atoms with Crippen LogP contribution in [0.5, 0.6) is 5.75 Å². The summed E-state index contributed by atoms with van der Waals surface area (Å²) in [4.78, 5) is 12.8. The molecule has 0 amide bonds. The number of nitrogens with zero attached hydrogens (tertiary/aromatic N) is 2. The molecule has 0 atom stereocenters. The number of rotatable bonds is 5. The van der Waals surface area contributed by atoms with Gasteiger partial charge < -0.3 is 4.74 Å². The van der Waals surface area contributed by atoms with E-state index >= 15 is 0 Å². The van der Waals surface area contributed by atoms with Crippen LogP contribution in [0.2, 0.25) is 0 Å². The molecular formula is C20H23FN2O3. The van der Waals surface area contributed by atoms with Crippen LogP contribution >= 0.6 is 0 Å². The second-order valence-corrected chi connectivity index (χ2v) is 6.89. The topological polar surface area (TPSA) is 55.6 Å². The minimum atomic E-state index is -0.453. The van der Waals surface area contributed by atoms with Gasteiger partial charge in [-0.2, -0.15) is 0 Å². The molecule has 0 bridgehead atoms. The lowest BCUT2D eigenvalue weighted by Gasteiger charge is -2.32. The quantitative estimate of drug-likeness (QED) is 0.587. The van der Waals surface area contributed by atoms with Crippen LogP contribution in [0.3, 0.4) is 0 Å². The minimum Gasteiger partial charge on any atom is -0.490 e. The normalized spacial score (nSPS) is 15.8. The van der Waals surface area contributed by atoms with Crippen molar-refractivity contribution in [3.05, 3.63) is 69.0 Å². The van der Waals surface area contributed by atoms with Crippen LogP contribution in [0.1, 0.15) is 29.5 Å². The summed E-state index contributed by atoms with van der Waals surface area (Å²) in [6.07, 6.45) is 1.82. The Morgan fingerprint density at radius 1 is 1.19 bits per heavy atom. The van der Waals surface area contributed by atoms with E-state index in [0.717, 1.165) is 43.3 Å². The predicted molar refractivity (Wildman–Crippen MR) is 97.9 cm³/mol. The van der Waals surface area contributed by atoms with E-state index in [9.17, 15) is 14.5 Å². The molecule has 26 heavy (non-hydrogen) atoms. The molecule has 1 heterocycles. The van der Waals surface area contributed by atoms with Gasteiger partial charge in [0.1, 0.15) is 17.7 Å². The molecule has 0 aliphatic carbocycles. The SMILES string of the molecule is Cc1ccc(C)c(OC2CCN(Cc3cc(F)ccc3[N+](=O)[O-])CC2)c1. The summed E-state index contributed by atoms with van der Waals surface area (Å²) in [5.74, 6) is 0.475. The molecule has 2 aromatic rings. The molecule has 0 radical (unpaired) electrons. The van der Waals surface area contributed by atoms with E-state index in [4.69, 9.17) is 4.74 Å². The summed E-state index contributed by atoms with van der Waals surface area (Å²) >= 11 is 0. The molecule has 0 saturated carbocycles. The molecule has 3 rings (SSSR count). The van der Waals surface area contributed by atoms with Crippen molar-refractivity contribution >= 4 is 5.69 Å². The number of hydrogen-bond donors (Lipinski definition) is 0. The maximum atomic E-state index is 13.5. The van der Waals surface area contributed by atoms with Crippen molar-refractivity contribution in [3.8, 4) is 5.75 Å². The lowest BCUT2D eigenvalue weighted by Crippen LogP contribution is -2.38. The van der Waals surface area contributed by atoms with Gasteiger partial charge in [-0.3, -0.25) is 15.0 Å². The van der Waals surface area contributed by atoms with Crippen molar-refractivity contribution in [2.75, 3.05) is 13.1 Å². The second-order valence-electron chi connectivity index (χ2n) is 6.89. The monoisotopic (exact) mass is 358 g/mol. The Morgan fingerprint density at radius 3 is 2.62 bits per heavy atom. The van der Waals surface area contributed by atoms with Crippen LogP contribution in [-0.4, -0.2) is 29.0 Å². The fourth-order valence-corrected chi connectivity index (χ4v) is 3.30. The van der Waals surface area contributed by atoms with Crippen LogP contribution in [0.25, 0.3) is 0 Å². The largest absolute Gasteiger partial charge is 0.490 e. The van der Waals surface area contributed by atoms with Crippen molar-refractivity contribution in [2.24, 2.45) is 0 Å². The van der Waals surface area contributed by atoms with Crippen LogP contribution in [0.15, 0.2) is 36.4 Å². The number of likely N-dealkylation sites (tertiary alicyclic amines) is 1. The van der Waals surface area contributed by atoms with E-state index in [1.54, 1.807) is 0 Å². The molecule has 0 unspecified atom stereocenters. The van der Waals surface area contributed by atoms with E-state index in [1.165, 1.54) is 17.7 Å². The highest BCUT2D eigenvalue weighted by atomic mass is 19.1. The van der Waals surface area contributed by atoms with Gasteiger partial charge in [0, 0.05) is 31.3 Å². The Labute approximate surface area is 152 Å². The van der Waals surface area contributed by atoms with Crippen LogP contribution in [-0.2, 0) is 6.54 Å². The molecule has 6 heteroatoms. The summed E-state index contributed by atoms with van der Waals surface area (Å²) in [5.41, 5.74) is 2.68. The summed E-state index contributed by atoms with van der Waals surface area (Å²) < 4.78 is 19.6. The lowest BCUT2D eigenvalue weighted by molar-refractivity contribution is -0.385. The molecule has 0 spiro atoms. The van der Waals surface area contributed by atoms with E-state index in [1.807, 2.05) is 13.8 Å². The number of aryl methyl sites for hydroxylation is 2. The number of nitro benzene ring substituents is 1. The molecule has 0 N–H and O–H groups in total. The fraction of sp³-hybridized carbons (Fsp3) is 0.400. The highest BCUT2D eigenvalue weighted by molar-refractivity contribution is 5.40. The predicted octanol–water partition coefficient (Wildman–Crippen LogP) is 4.39. The fourth-order valence-electron chi connectivity index (χ4n) is 3.30. The van der Waals surface area contributed by atoms with Crippen molar-refractivity contribution in [2.45, 2.75) is 39.3 Å². The first-order valence-electron chi connectivity index (χ1n) is 8.81. The molecule has 0 aromatic heterocycles. The number of halogens is 1. The maximum Gasteiger partial charge on any atom is 0.274 e. The van der Waals surface area contributed by atoms with Gasteiger partial charge in [-0.25, -0.2) is 4.39 Å². The minimum absolute atomic E-state index is 0.0276. The van der Waals surface area contributed by atoms with Gasteiger partial charge in [0.05, 0.1) is 4.92 Å². The van der Waals surface area contributed by atoms with Crippen molar-refractivity contribution < 1.29 is 14.1 Å². The van der Waals surface area contributed by atoms with Gasteiger partial charge in [-0.15, -0.1) is 0 Å². The average molecular weight is 358 g/mol.